The average Bonchev–Trinajstić information content (AvgIpc) is 3.37. The molecule has 0 spiro atoms. The molecule has 1 atom stereocenters. The number of aryl methyl sites for hydroxylation is 9. The van der Waals surface area contributed by atoms with Crippen LogP contribution in [-0.2, 0) is 19.3 Å². The summed E-state index contributed by atoms with van der Waals surface area (Å²) in [5.74, 6) is 0. The summed E-state index contributed by atoms with van der Waals surface area (Å²) in [4.78, 5) is 0. The van der Waals surface area contributed by atoms with Gasteiger partial charge in [-0.25, -0.2) is 0 Å². The van der Waals surface area contributed by atoms with Crippen molar-refractivity contribution in [3.63, 3.8) is 0 Å². The van der Waals surface area contributed by atoms with Gasteiger partial charge in [-0.3, -0.25) is 0 Å². The molecule has 6 aromatic carbocycles. The van der Waals surface area contributed by atoms with E-state index in [0.29, 0.717) is 0 Å². The second kappa shape index (κ2) is 16.0. The number of allylic oxidation sites excluding steroid dienone is 4. The average molecular weight is 777 g/mol. The molecule has 0 fully saturated rings. The Morgan fingerprint density at radius 2 is 0.638 bits per heavy atom. The second-order valence-corrected chi connectivity index (χ2v) is 22.6. The molecule has 0 aromatic heterocycles. The Morgan fingerprint density at radius 1 is 0.379 bits per heavy atom. The first-order valence-corrected chi connectivity index (χ1v) is 23.4. The van der Waals surface area contributed by atoms with Gasteiger partial charge < -0.3 is 0 Å². The predicted molar refractivity (Wildman–Crippen MR) is 255 cm³/mol. The summed E-state index contributed by atoms with van der Waals surface area (Å²) >= 11 is 0. The SMILES string of the molecule is CC1=CC(C)([Si](c2ccc(Cc3c(C)cc(C)cc3C)cc2)(c2ccc(Cc3c(C)cc(C)cc3C)cc2)c2ccc(Cc3c(C)cc(C)cc3C)cc2)C(C)=C1C. The maximum atomic E-state index is 2.64. The van der Waals surface area contributed by atoms with Gasteiger partial charge in [-0.15, -0.1) is 0 Å². The van der Waals surface area contributed by atoms with Crippen molar-refractivity contribution >= 4 is 23.6 Å². The summed E-state index contributed by atoms with van der Waals surface area (Å²) in [6.07, 6.45) is 5.47. The van der Waals surface area contributed by atoms with Gasteiger partial charge in [-0.1, -0.05) is 150 Å². The lowest BCUT2D eigenvalue weighted by Gasteiger charge is -2.47. The van der Waals surface area contributed by atoms with E-state index < -0.39 is 8.07 Å². The van der Waals surface area contributed by atoms with E-state index in [4.69, 9.17) is 0 Å². The standard InChI is InChI=1S/C57H64Si/c1-36-26-39(4)54(40(5)27-36)32-48-14-20-51(21-15-48)58(57(13)35-45(10)46(11)47(57)12,52-22-16-49(17-23-52)33-55-41(6)28-37(2)29-42(55)7)53-24-18-50(19-25-53)34-56-43(8)30-38(3)31-44(56)9/h14-31,35H,32-34H2,1-13H3. The van der Waals surface area contributed by atoms with Crippen LogP contribution in [0.4, 0.5) is 0 Å². The molecule has 58 heavy (non-hydrogen) atoms. The molecular weight excluding hydrogens is 713 g/mol. The van der Waals surface area contributed by atoms with Crippen LogP contribution in [0.3, 0.4) is 0 Å². The van der Waals surface area contributed by atoms with Gasteiger partial charge in [-0.05, 0) is 190 Å². The predicted octanol–water partition coefficient (Wildman–Crippen LogP) is 12.8. The molecule has 1 unspecified atom stereocenters. The first-order chi connectivity index (χ1) is 27.5. The summed E-state index contributed by atoms with van der Waals surface area (Å²) in [7, 11) is -2.83. The van der Waals surface area contributed by atoms with Crippen LogP contribution in [0.25, 0.3) is 0 Å². The minimum absolute atomic E-state index is 0.176. The van der Waals surface area contributed by atoms with Gasteiger partial charge >= 0.3 is 0 Å². The Labute approximate surface area is 351 Å². The van der Waals surface area contributed by atoms with Crippen LogP contribution in [0.5, 0.6) is 0 Å². The van der Waals surface area contributed by atoms with Gasteiger partial charge in [0.15, 0.2) is 8.07 Å². The zero-order valence-electron chi connectivity index (χ0n) is 37.6. The molecular formula is C57H64Si. The lowest BCUT2D eigenvalue weighted by Crippen LogP contribution is -2.73. The van der Waals surface area contributed by atoms with Crippen LogP contribution >= 0.6 is 0 Å². The Bertz CT molecular complexity index is 2260. The van der Waals surface area contributed by atoms with Crippen molar-refractivity contribution in [1.82, 2.24) is 0 Å². The number of hydrogen-bond acceptors (Lipinski definition) is 0. The summed E-state index contributed by atoms with van der Waals surface area (Å²) in [5, 5.41) is 4.21. The highest BCUT2D eigenvalue weighted by Crippen LogP contribution is 2.53. The number of benzene rings is 6. The first-order valence-electron chi connectivity index (χ1n) is 21.4. The van der Waals surface area contributed by atoms with Gasteiger partial charge in [0.2, 0.25) is 0 Å². The molecule has 0 saturated heterocycles. The van der Waals surface area contributed by atoms with Crippen LogP contribution in [0.15, 0.2) is 132 Å². The largest absolute Gasteiger partial charge is 0.161 e. The monoisotopic (exact) mass is 776 g/mol. The van der Waals surface area contributed by atoms with Crippen molar-refractivity contribution in [2.45, 2.75) is 114 Å². The molecule has 296 valence electrons. The number of hydrogen-bond donors (Lipinski definition) is 0. The fourth-order valence-corrected chi connectivity index (χ4v) is 16.8. The fourth-order valence-electron chi connectivity index (χ4n) is 10.8. The van der Waals surface area contributed by atoms with E-state index in [2.05, 4.69) is 205 Å². The van der Waals surface area contributed by atoms with E-state index in [1.807, 2.05) is 0 Å². The zero-order valence-corrected chi connectivity index (χ0v) is 38.6. The molecule has 0 saturated carbocycles. The van der Waals surface area contributed by atoms with Gasteiger partial charge in [0.05, 0.1) is 0 Å². The molecule has 1 aliphatic rings. The minimum atomic E-state index is -2.83. The molecule has 7 rings (SSSR count). The third-order valence-corrected chi connectivity index (χ3v) is 19.7. The second-order valence-electron chi connectivity index (χ2n) is 18.3. The fraction of sp³-hybridized carbons (Fsp3) is 0.298. The lowest BCUT2D eigenvalue weighted by atomic mass is 9.94. The Morgan fingerprint density at radius 3 is 0.862 bits per heavy atom. The highest BCUT2D eigenvalue weighted by molar-refractivity contribution is 7.14. The van der Waals surface area contributed by atoms with E-state index in [0.717, 1.165) is 19.3 Å². The molecule has 0 radical (unpaired) electrons. The molecule has 1 heteroatoms. The van der Waals surface area contributed by atoms with E-state index >= 15 is 0 Å². The quantitative estimate of drug-likeness (QED) is 0.0960. The smallest absolute Gasteiger partial charge is 0.0730 e. The Balaban J connectivity index is 1.41. The van der Waals surface area contributed by atoms with Gasteiger partial charge in [0, 0.05) is 5.04 Å². The Kier molecular flexibility index (Phi) is 11.4. The van der Waals surface area contributed by atoms with E-state index in [-0.39, 0.29) is 5.04 Å². The van der Waals surface area contributed by atoms with Crippen LogP contribution in [0, 0.1) is 62.3 Å². The molecule has 0 nitrogen and oxygen atoms in total. The highest BCUT2D eigenvalue weighted by atomic mass is 28.3. The maximum Gasteiger partial charge on any atom is 0.161 e. The summed E-state index contributed by atoms with van der Waals surface area (Å²) < 4.78 is 0. The van der Waals surface area contributed by atoms with Gasteiger partial charge in [0.25, 0.3) is 0 Å². The van der Waals surface area contributed by atoms with Gasteiger partial charge in [-0.2, -0.15) is 0 Å². The molecule has 0 heterocycles. The molecule has 6 aromatic rings. The summed E-state index contributed by atoms with van der Waals surface area (Å²) in [5.41, 5.74) is 25.1. The molecule has 0 bridgehead atoms. The van der Waals surface area contributed by atoms with Gasteiger partial charge in [0.1, 0.15) is 0 Å². The molecule has 0 aliphatic heterocycles. The van der Waals surface area contributed by atoms with Crippen LogP contribution in [0.2, 0.25) is 5.04 Å². The van der Waals surface area contributed by atoms with Crippen LogP contribution in [-0.4, -0.2) is 8.07 Å². The van der Waals surface area contributed by atoms with E-state index in [1.165, 1.54) is 116 Å². The molecule has 0 N–H and O–H groups in total. The highest BCUT2D eigenvalue weighted by Gasteiger charge is 2.56. The van der Waals surface area contributed by atoms with Crippen molar-refractivity contribution in [2.75, 3.05) is 0 Å². The first kappa shape index (κ1) is 41.2. The summed E-state index contributed by atoms with van der Waals surface area (Å²) in [6, 6.07) is 43.7. The maximum absolute atomic E-state index is 2.83. The molecule has 1 aliphatic carbocycles. The summed E-state index contributed by atoms with van der Waals surface area (Å²) in [6.45, 7) is 29.9. The molecule has 0 amide bonds. The van der Waals surface area contributed by atoms with E-state index in [1.54, 1.807) is 0 Å². The normalized spacial score (nSPS) is 15.6. The van der Waals surface area contributed by atoms with Crippen molar-refractivity contribution in [1.29, 1.82) is 0 Å². The Hall–Kier alpha value is -4.98. The minimum Gasteiger partial charge on any atom is -0.0730 e. The van der Waals surface area contributed by atoms with Crippen molar-refractivity contribution in [2.24, 2.45) is 0 Å². The topological polar surface area (TPSA) is 0 Å². The van der Waals surface area contributed by atoms with Crippen molar-refractivity contribution in [3.05, 3.63) is 215 Å². The van der Waals surface area contributed by atoms with Crippen LogP contribution in [0.1, 0.15) is 111 Å². The van der Waals surface area contributed by atoms with Crippen LogP contribution < -0.4 is 15.6 Å². The van der Waals surface area contributed by atoms with Crippen molar-refractivity contribution < 1.29 is 0 Å². The lowest BCUT2D eigenvalue weighted by molar-refractivity contribution is 0.870. The zero-order chi connectivity index (χ0) is 41.7. The van der Waals surface area contributed by atoms with E-state index in [9.17, 15) is 0 Å². The third kappa shape index (κ3) is 7.44. The number of rotatable bonds is 10. The van der Waals surface area contributed by atoms with Crippen molar-refractivity contribution in [3.8, 4) is 0 Å². The third-order valence-electron chi connectivity index (χ3n) is 14.0.